The van der Waals surface area contributed by atoms with E-state index in [1.54, 1.807) is 107 Å². The fraction of sp³-hybridized carbons (Fsp3) is 0.343. The zero-order valence-electron chi connectivity index (χ0n) is 85.1. The first-order valence-corrected chi connectivity index (χ1v) is 46.3. The Morgan fingerprint density at radius 3 is 1.05 bits per heavy atom. The van der Waals surface area contributed by atoms with E-state index in [4.69, 9.17) is 65.5 Å². The largest absolute Gasteiger partial charge is 0.573 e. The number of hydrogen-bond donors (Lipinski definition) is 1. The van der Waals surface area contributed by atoms with Crippen LogP contribution in [0.2, 0.25) is 5.02 Å². The summed E-state index contributed by atoms with van der Waals surface area (Å²) in [6.07, 6.45) is 19.6. The van der Waals surface area contributed by atoms with Gasteiger partial charge < -0.3 is 67.2 Å². The molecule has 39 nitrogen and oxygen atoms in total. The lowest BCUT2D eigenvalue weighted by Gasteiger charge is -2.37. The van der Waals surface area contributed by atoms with Crippen molar-refractivity contribution < 1.29 is 103 Å². The van der Waals surface area contributed by atoms with Gasteiger partial charge in [-0.1, -0.05) is 11.6 Å². The number of methoxy groups -OCH3 is 2. The number of carbonyl (C=O) groups is 6. The number of aromatic nitrogens is 18. The molecular formula is C102H117Cl2F5N22O17. The third-order valence-electron chi connectivity index (χ3n) is 18.7. The molecule has 2 aliphatic rings. The van der Waals surface area contributed by atoms with E-state index in [2.05, 4.69) is 80.3 Å². The quantitative estimate of drug-likeness (QED) is 0.0129. The molecule has 1 amide bonds. The lowest BCUT2D eigenvalue weighted by molar-refractivity contribution is -0.274. The summed E-state index contributed by atoms with van der Waals surface area (Å²) in [5, 5.41) is 28.7. The van der Waals surface area contributed by atoms with Gasteiger partial charge in [0.05, 0.1) is 70.5 Å². The maximum atomic E-state index is 12.7. The zero-order valence-corrected chi connectivity index (χ0v) is 86.6. The highest BCUT2D eigenvalue weighted by Crippen LogP contribution is 2.35. The number of amides is 1. The molecule has 0 unspecified atom stereocenters. The fourth-order valence-corrected chi connectivity index (χ4v) is 12.8. The van der Waals surface area contributed by atoms with Crippen molar-refractivity contribution in [3.63, 3.8) is 0 Å². The molecule has 0 aliphatic carbocycles. The van der Waals surface area contributed by atoms with Crippen LogP contribution in [0.5, 0.6) is 34.5 Å². The molecule has 6 aromatic carbocycles. The van der Waals surface area contributed by atoms with Crippen LogP contribution in [0.1, 0.15) is 105 Å². The molecule has 2 fully saturated rings. The normalized spacial score (nSPS) is 12.7. The van der Waals surface area contributed by atoms with Crippen molar-refractivity contribution in [2.45, 2.75) is 166 Å². The third kappa shape index (κ3) is 41.2. The van der Waals surface area contributed by atoms with Crippen LogP contribution in [0.3, 0.4) is 0 Å². The fourth-order valence-electron chi connectivity index (χ4n) is 12.6. The number of aryl methyl sites for hydroxylation is 4. The molecule has 786 valence electrons. The molecule has 1 N–H and O–H groups in total. The first kappa shape index (κ1) is 117. The Hall–Kier alpha value is -16.1. The molecule has 2 aliphatic heterocycles. The lowest BCUT2D eigenvalue weighted by atomic mass is 10.1. The van der Waals surface area contributed by atoms with Gasteiger partial charge in [-0.15, -0.1) is 56.2 Å². The van der Waals surface area contributed by atoms with Gasteiger partial charge in [-0.2, -0.15) is 0 Å². The second-order valence-electron chi connectivity index (χ2n) is 34.5. The van der Waals surface area contributed by atoms with Gasteiger partial charge >= 0.3 is 36.2 Å². The van der Waals surface area contributed by atoms with Crippen LogP contribution < -0.4 is 33.7 Å². The van der Waals surface area contributed by atoms with Gasteiger partial charge in [0.2, 0.25) is 5.91 Å². The molecule has 6 aromatic heterocycles. The number of halogens is 7. The van der Waals surface area contributed by atoms with E-state index in [-0.39, 0.29) is 77.5 Å². The van der Waals surface area contributed by atoms with Crippen LogP contribution in [0.4, 0.5) is 27.6 Å². The summed E-state index contributed by atoms with van der Waals surface area (Å²) in [5.41, 5.74) is 8.90. The van der Waals surface area contributed by atoms with Crippen molar-refractivity contribution in [2.24, 2.45) is 0 Å². The van der Waals surface area contributed by atoms with E-state index in [0.717, 1.165) is 91.4 Å². The van der Waals surface area contributed by atoms with Gasteiger partial charge in [-0.3, -0.25) is 4.79 Å². The second kappa shape index (κ2) is 56.4. The minimum atomic E-state index is -4.84. The van der Waals surface area contributed by atoms with E-state index in [1.807, 2.05) is 142 Å². The smallest absolute Gasteiger partial charge is 0.497 e. The van der Waals surface area contributed by atoms with Gasteiger partial charge in [-0.25, -0.2) is 95.6 Å². The molecule has 0 saturated carbocycles. The molecule has 0 atom stereocenters. The SMILES string of the molecule is CC(C)OC(=O)/C=C\n1cnc(-c2cc(Cl)cc(OC(F)(F)F)c2)n1.COc1cc(C)cc(-c2ncn(/C=C\C(=O)N3CC(F)(F)C3)n2)c1.COc1cc(C)cc(-c2ncn(/C=C\C(=O)OC3CNC3)n2)c1.Cc1cc(OC(C)C)cc(-c2ncn(/C=C\C(=O)OC(C)C)n2)c1.Cc1cc(OCCN(C)C)cc(-c2ncn(/C=C\C(=O)OC(C)C)n2)c1.Cl.[C-]#[N+]c1cc(OC(C)C)cc(-c2ncn(/C=C\C(=O)OC(C)C)n2)c1. The number of benzene rings is 6. The number of rotatable bonds is 34. The summed E-state index contributed by atoms with van der Waals surface area (Å²) in [4.78, 5) is 101. The van der Waals surface area contributed by atoms with Gasteiger partial charge in [0.25, 0.3) is 5.92 Å². The first-order valence-electron chi connectivity index (χ1n) is 45.9. The monoisotopic (exact) mass is 2090 g/mol. The van der Waals surface area contributed by atoms with E-state index in [9.17, 15) is 50.7 Å². The summed E-state index contributed by atoms with van der Waals surface area (Å²) in [5.74, 6) is 0.372. The number of esters is 5. The van der Waals surface area contributed by atoms with Crippen molar-refractivity contribution in [3.8, 4) is 103 Å². The van der Waals surface area contributed by atoms with Crippen molar-refractivity contribution in [2.75, 3.05) is 67.6 Å². The number of nitrogens with one attached hydrogen (secondary N) is 1. The van der Waals surface area contributed by atoms with E-state index in [1.165, 1.54) is 121 Å². The number of alkyl halides is 5. The molecule has 12 aromatic rings. The van der Waals surface area contributed by atoms with Gasteiger partial charge in [0.1, 0.15) is 85.2 Å². The molecule has 0 spiro atoms. The second-order valence-corrected chi connectivity index (χ2v) is 34.9. The number of nitrogens with zero attached hydrogens (tertiary/aromatic N) is 21. The van der Waals surface area contributed by atoms with Crippen LogP contribution in [-0.2, 0) is 52.5 Å². The van der Waals surface area contributed by atoms with E-state index < -0.39 is 60.9 Å². The highest BCUT2D eigenvalue weighted by Gasteiger charge is 2.45. The molecule has 0 bridgehead atoms. The predicted molar refractivity (Wildman–Crippen MR) is 547 cm³/mol. The Bertz CT molecular complexity index is 6680. The standard InChI is InChI=1S/C19H26N4O3.C18H20N4O3.C18H23N3O3.C16H16F2N4O2.C16H18N4O3.C15H13ClF3N3O3.ClH/c1-14(2)26-18(24)6-7-23-13-20-19(21-23)16-10-15(3)11-17(12-16)25-9-8-22(4)5;1-12(2)24-16-9-14(8-15(10-16)19-5)18-20-11-22(21-18)7-6-17(23)25-13(3)4;1-12(2)23-16-9-14(5)8-15(10-16)18-19-11-21(20-18)7-6-17(22)24-13(3)4;1-11-5-12(7-13(6-11)24-2)15-19-10-22(20-15)4-3-14(23)21-8-16(17,18)9-21;1-11-5-12(7-13(6-11)22-2)16-18-10-20(19-16)4-3-15(21)23-14-8-17-9-14;1-9(2)24-13(23)3-4-22-8-20-14(21-22)10-5-11(16)7-12(6-10)25-15(17,18)19;/h6-7,10-14H,8-9H2,1-5H3;6-13H,1-4H3;6-13H,1-5H3;3-7,10H,8-9H2,1-2H3;3-7,10,14,17H,8-9H2,1-2H3;3-9H,1-2H3;1H/b3*7-6-;3*4-3-;. The molecule has 148 heavy (non-hydrogen) atoms. The summed E-state index contributed by atoms with van der Waals surface area (Å²) >= 11 is 5.80. The third-order valence-corrected chi connectivity index (χ3v) is 18.9. The van der Waals surface area contributed by atoms with Crippen molar-refractivity contribution in [1.29, 1.82) is 0 Å². The van der Waals surface area contributed by atoms with Gasteiger partial charge in [0.15, 0.2) is 40.6 Å². The van der Waals surface area contributed by atoms with Crippen LogP contribution in [0, 0.1) is 34.3 Å². The topological polar surface area (TPSA) is 411 Å². The van der Waals surface area contributed by atoms with Crippen molar-refractivity contribution in [3.05, 3.63) is 222 Å². The Morgan fingerprint density at radius 1 is 0.432 bits per heavy atom. The summed E-state index contributed by atoms with van der Waals surface area (Å²) < 4.78 is 128. The number of ether oxygens (including phenoxy) is 11. The molecule has 2 saturated heterocycles. The Kier molecular flexibility index (Phi) is 44.6. The number of carbonyl (C=O) groups excluding carboxylic acids is 6. The summed E-state index contributed by atoms with van der Waals surface area (Å²) in [7, 11) is 7.22. The Morgan fingerprint density at radius 2 is 0.736 bits per heavy atom. The van der Waals surface area contributed by atoms with Gasteiger partial charge in [0, 0.05) is 132 Å². The highest BCUT2D eigenvalue weighted by molar-refractivity contribution is 6.31. The number of likely N-dealkylation sites (tertiary alicyclic amines) is 1. The van der Waals surface area contributed by atoms with E-state index in [0.29, 0.717) is 71.6 Å². The molecule has 0 radical (unpaired) electrons. The minimum Gasteiger partial charge on any atom is -0.497 e. The van der Waals surface area contributed by atoms with E-state index >= 15 is 0 Å². The lowest BCUT2D eigenvalue weighted by Crippen LogP contribution is -2.58. The Balaban J connectivity index is 0.000000216. The molecule has 14 rings (SSSR count). The predicted octanol–water partition coefficient (Wildman–Crippen LogP) is 17.6. The molecular weight excluding hydrogens is 1970 g/mol. The average Bonchev–Trinajstić information content (AvgIpc) is 1.35. The highest BCUT2D eigenvalue weighted by atomic mass is 35.5. The van der Waals surface area contributed by atoms with Crippen molar-refractivity contribution >= 4 is 103 Å². The molecule has 8 heterocycles. The van der Waals surface area contributed by atoms with Crippen LogP contribution in [0.25, 0.3) is 110 Å². The van der Waals surface area contributed by atoms with Crippen LogP contribution in [0.15, 0.2) is 184 Å². The zero-order chi connectivity index (χ0) is 107. The van der Waals surface area contributed by atoms with Crippen LogP contribution in [-0.4, -0.2) is 257 Å². The molecule has 46 heteroatoms. The Labute approximate surface area is 863 Å². The minimum absolute atomic E-state index is 0. The van der Waals surface area contributed by atoms with Gasteiger partial charge in [-0.05, 0) is 256 Å². The number of hydrogen-bond acceptors (Lipinski definition) is 31. The maximum absolute atomic E-state index is 12.7. The average molecular weight is 2090 g/mol. The summed E-state index contributed by atoms with van der Waals surface area (Å²) in [6, 6.07) is 31.8. The summed E-state index contributed by atoms with van der Waals surface area (Å²) in [6.45, 7) is 38.9. The maximum Gasteiger partial charge on any atom is 0.573 e. The number of likely N-dealkylation sites (N-methyl/N-ethyl adjacent to an activating group) is 1. The van der Waals surface area contributed by atoms with Crippen LogP contribution >= 0.6 is 24.0 Å². The van der Waals surface area contributed by atoms with Crippen molar-refractivity contribution in [1.82, 2.24) is 104 Å². The first-order chi connectivity index (χ1) is 69.6.